The first-order chi connectivity index (χ1) is 8.15. The number of aryl methyl sites for hydroxylation is 2. The molecule has 0 saturated heterocycles. The molecule has 0 bridgehead atoms. The standard InChI is InChI=1S/C16H17Br/c1-11-6-4-7-12(2)16(11)15-9-5-8-14(10-17)13(15)3/h4-9H,10H2,1-3H3. The molecule has 0 heterocycles. The minimum Gasteiger partial charge on any atom is -0.0876 e. The molecule has 1 heteroatoms. The van der Waals surface area contributed by atoms with Crippen molar-refractivity contribution >= 4 is 15.9 Å². The summed E-state index contributed by atoms with van der Waals surface area (Å²) in [4.78, 5) is 0. The molecule has 0 unspecified atom stereocenters. The maximum atomic E-state index is 3.55. The van der Waals surface area contributed by atoms with E-state index in [1.54, 1.807) is 0 Å². The van der Waals surface area contributed by atoms with E-state index < -0.39 is 0 Å². The van der Waals surface area contributed by atoms with Crippen molar-refractivity contribution in [3.8, 4) is 11.1 Å². The highest BCUT2D eigenvalue weighted by molar-refractivity contribution is 9.08. The van der Waals surface area contributed by atoms with E-state index in [1.807, 2.05) is 0 Å². The van der Waals surface area contributed by atoms with Crippen molar-refractivity contribution in [3.63, 3.8) is 0 Å². The zero-order valence-electron chi connectivity index (χ0n) is 10.5. The van der Waals surface area contributed by atoms with Gasteiger partial charge >= 0.3 is 0 Å². The van der Waals surface area contributed by atoms with Gasteiger partial charge in [0.25, 0.3) is 0 Å². The van der Waals surface area contributed by atoms with E-state index >= 15 is 0 Å². The Morgan fingerprint density at radius 2 is 1.47 bits per heavy atom. The SMILES string of the molecule is Cc1cccc(C)c1-c1cccc(CBr)c1C. The van der Waals surface area contributed by atoms with Crippen molar-refractivity contribution in [2.24, 2.45) is 0 Å². The Labute approximate surface area is 112 Å². The van der Waals surface area contributed by atoms with Gasteiger partial charge in [-0.15, -0.1) is 0 Å². The van der Waals surface area contributed by atoms with Crippen molar-refractivity contribution in [2.45, 2.75) is 26.1 Å². The Bertz CT molecular complexity index is 521. The van der Waals surface area contributed by atoms with Gasteiger partial charge in [0.2, 0.25) is 0 Å². The second kappa shape index (κ2) is 5.05. The quantitative estimate of drug-likeness (QED) is 0.669. The molecule has 0 saturated carbocycles. The molecule has 0 aliphatic heterocycles. The highest BCUT2D eigenvalue weighted by atomic mass is 79.9. The van der Waals surface area contributed by atoms with E-state index in [9.17, 15) is 0 Å². The topological polar surface area (TPSA) is 0 Å². The van der Waals surface area contributed by atoms with Crippen LogP contribution in [-0.4, -0.2) is 0 Å². The summed E-state index contributed by atoms with van der Waals surface area (Å²) >= 11 is 3.55. The molecular formula is C16H17Br. The Morgan fingerprint density at radius 1 is 0.882 bits per heavy atom. The van der Waals surface area contributed by atoms with Gasteiger partial charge in [0.05, 0.1) is 0 Å². The van der Waals surface area contributed by atoms with Gasteiger partial charge in [0, 0.05) is 5.33 Å². The third-order valence-corrected chi connectivity index (χ3v) is 3.94. The van der Waals surface area contributed by atoms with Gasteiger partial charge in [0.1, 0.15) is 0 Å². The van der Waals surface area contributed by atoms with E-state index in [4.69, 9.17) is 0 Å². The maximum absolute atomic E-state index is 3.55. The Hall–Kier alpha value is -1.08. The maximum Gasteiger partial charge on any atom is 0.0285 e. The number of benzene rings is 2. The predicted molar refractivity (Wildman–Crippen MR) is 78.7 cm³/mol. The van der Waals surface area contributed by atoms with E-state index in [2.05, 4.69) is 73.1 Å². The zero-order valence-corrected chi connectivity index (χ0v) is 12.1. The fourth-order valence-corrected chi connectivity index (χ4v) is 2.95. The molecule has 0 aromatic heterocycles. The summed E-state index contributed by atoms with van der Waals surface area (Å²) in [5, 5.41) is 0.914. The number of rotatable bonds is 2. The van der Waals surface area contributed by atoms with Crippen LogP contribution in [0.5, 0.6) is 0 Å². The van der Waals surface area contributed by atoms with Gasteiger partial charge in [-0.3, -0.25) is 0 Å². The van der Waals surface area contributed by atoms with Gasteiger partial charge in [-0.2, -0.15) is 0 Å². The van der Waals surface area contributed by atoms with Crippen LogP contribution in [0, 0.1) is 20.8 Å². The zero-order chi connectivity index (χ0) is 12.4. The van der Waals surface area contributed by atoms with Gasteiger partial charge in [-0.05, 0) is 54.2 Å². The van der Waals surface area contributed by atoms with Crippen molar-refractivity contribution < 1.29 is 0 Å². The normalized spacial score (nSPS) is 10.6. The number of hydrogen-bond donors (Lipinski definition) is 0. The molecule has 2 aromatic rings. The first kappa shape index (κ1) is 12.4. The summed E-state index contributed by atoms with van der Waals surface area (Å²) in [6, 6.07) is 13.0. The lowest BCUT2D eigenvalue weighted by atomic mass is 9.91. The summed E-state index contributed by atoms with van der Waals surface area (Å²) in [6.07, 6.45) is 0. The van der Waals surface area contributed by atoms with Crippen molar-refractivity contribution in [3.05, 3.63) is 58.7 Å². The molecule has 0 N–H and O–H groups in total. The fraction of sp³-hybridized carbons (Fsp3) is 0.250. The van der Waals surface area contributed by atoms with Gasteiger partial charge in [0.15, 0.2) is 0 Å². The predicted octanol–water partition coefficient (Wildman–Crippen LogP) is 5.17. The summed E-state index contributed by atoms with van der Waals surface area (Å²) in [6.45, 7) is 6.57. The molecule has 0 fully saturated rings. The summed E-state index contributed by atoms with van der Waals surface area (Å²) in [5.41, 5.74) is 8.18. The molecule has 0 radical (unpaired) electrons. The van der Waals surface area contributed by atoms with Crippen LogP contribution in [0.3, 0.4) is 0 Å². The van der Waals surface area contributed by atoms with Crippen LogP contribution in [0.1, 0.15) is 22.3 Å². The largest absolute Gasteiger partial charge is 0.0876 e. The summed E-state index contributed by atoms with van der Waals surface area (Å²) < 4.78 is 0. The van der Waals surface area contributed by atoms with Gasteiger partial charge in [-0.25, -0.2) is 0 Å². The van der Waals surface area contributed by atoms with Crippen molar-refractivity contribution in [2.75, 3.05) is 0 Å². The summed E-state index contributed by atoms with van der Waals surface area (Å²) in [5.74, 6) is 0. The molecule has 0 aliphatic carbocycles. The van der Waals surface area contributed by atoms with E-state index in [0.717, 1.165) is 5.33 Å². The first-order valence-electron chi connectivity index (χ1n) is 5.86. The van der Waals surface area contributed by atoms with Gasteiger partial charge < -0.3 is 0 Å². The minimum atomic E-state index is 0.914. The molecule has 2 rings (SSSR count). The monoisotopic (exact) mass is 288 g/mol. The molecule has 0 amide bonds. The second-order valence-corrected chi connectivity index (χ2v) is 5.05. The second-order valence-electron chi connectivity index (χ2n) is 4.49. The van der Waals surface area contributed by atoms with Crippen LogP contribution in [0.15, 0.2) is 36.4 Å². The Balaban J connectivity index is 2.69. The van der Waals surface area contributed by atoms with Crippen LogP contribution in [0.2, 0.25) is 0 Å². The minimum absolute atomic E-state index is 0.914. The highest BCUT2D eigenvalue weighted by Gasteiger charge is 2.09. The molecule has 88 valence electrons. The molecule has 0 atom stereocenters. The fourth-order valence-electron chi connectivity index (χ4n) is 2.34. The van der Waals surface area contributed by atoms with E-state index in [1.165, 1.54) is 33.4 Å². The van der Waals surface area contributed by atoms with Crippen LogP contribution in [0.25, 0.3) is 11.1 Å². The average Bonchev–Trinajstić information content (AvgIpc) is 2.31. The molecule has 0 aliphatic rings. The van der Waals surface area contributed by atoms with Crippen LogP contribution >= 0.6 is 15.9 Å². The number of hydrogen-bond acceptors (Lipinski definition) is 0. The lowest BCUT2D eigenvalue weighted by Gasteiger charge is -2.14. The lowest BCUT2D eigenvalue weighted by molar-refractivity contribution is 1.29. The van der Waals surface area contributed by atoms with Crippen molar-refractivity contribution in [1.82, 2.24) is 0 Å². The molecule has 0 spiro atoms. The third-order valence-electron chi connectivity index (χ3n) is 3.34. The van der Waals surface area contributed by atoms with Crippen molar-refractivity contribution in [1.29, 1.82) is 0 Å². The lowest BCUT2D eigenvalue weighted by Crippen LogP contribution is -1.93. The first-order valence-corrected chi connectivity index (χ1v) is 6.98. The van der Waals surface area contributed by atoms with E-state index in [0.29, 0.717) is 0 Å². The molecular weight excluding hydrogens is 272 g/mol. The van der Waals surface area contributed by atoms with Crippen LogP contribution in [0.4, 0.5) is 0 Å². The summed E-state index contributed by atoms with van der Waals surface area (Å²) in [7, 11) is 0. The third kappa shape index (κ3) is 2.30. The van der Waals surface area contributed by atoms with E-state index in [-0.39, 0.29) is 0 Å². The highest BCUT2D eigenvalue weighted by Crippen LogP contribution is 2.31. The van der Waals surface area contributed by atoms with Crippen LogP contribution < -0.4 is 0 Å². The smallest absolute Gasteiger partial charge is 0.0285 e. The Kier molecular flexibility index (Phi) is 3.68. The molecule has 2 aromatic carbocycles. The van der Waals surface area contributed by atoms with Gasteiger partial charge in [-0.1, -0.05) is 52.3 Å². The number of halogens is 1. The molecule has 0 nitrogen and oxygen atoms in total. The molecule has 17 heavy (non-hydrogen) atoms. The number of alkyl halides is 1. The Morgan fingerprint density at radius 3 is 2.06 bits per heavy atom. The van der Waals surface area contributed by atoms with Crippen LogP contribution in [-0.2, 0) is 5.33 Å². The average molecular weight is 289 g/mol.